The number of rotatable bonds is 7. The van der Waals surface area contributed by atoms with Crippen LogP contribution in [0, 0.1) is 0 Å². The number of phenols is 1. The first-order chi connectivity index (χ1) is 14.8. The van der Waals surface area contributed by atoms with Crippen molar-refractivity contribution in [2.75, 3.05) is 11.4 Å². The Bertz CT molecular complexity index is 1180. The molecule has 0 saturated carbocycles. The van der Waals surface area contributed by atoms with Gasteiger partial charge in [0.2, 0.25) is 0 Å². The Hall–Kier alpha value is -3.56. The van der Waals surface area contributed by atoms with Crippen LogP contribution in [0.4, 0.5) is 5.69 Å². The first-order valence-corrected chi connectivity index (χ1v) is 10.7. The number of ether oxygens (including phenoxy) is 1. The number of hydroxylamine groups is 1. The molecule has 0 bridgehead atoms. The van der Waals surface area contributed by atoms with Gasteiger partial charge in [-0.3, -0.25) is 14.3 Å². The molecular weight excluding hydrogens is 420 g/mol. The molecule has 1 unspecified atom stereocenters. The van der Waals surface area contributed by atoms with Crippen LogP contribution in [0.25, 0.3) is 11.1 Å². The van der Waals surface area contributed by atoms with Crippen molar-refractivity contribution < 1.29 is 28.3 Å². The second-order valence-electron chi connectivity index (χ2n) is 6.70. The van der Waals surface area contributed by atoms with Crippen LogP contribution in [0.2, 0.25) is 0 Å². The van der Waals surface area contributed by atoms with Gasteiger partial charge in [-0.25, -0.2) is 13.9 Å². The monoisotopic (exact) mass is 442 g/mol. The maximum atomic E-state index is 13.8. The summed E-state index contributed by atoms with van der Waals surface area (Å²) in [6, 6.07) is 17.5. The molecule has 0 fully saturated rings. The molecule has 3 aromatic carbocycles. The Morgan fingerprint density at radius 1 is 1.03 bits per heavy atom. The quantitative estimate of drug-likeness (QED) is 0.382. The summed E-state index contributed by atoms with van der Waals surface area (Å²) in [6.07, 6.45) is 0. The molecule has 8 nitrogen and oxygen atoms in total. The van der Waals surface area contributed by atoms with Crippen LogP contribution in [0.1, 0.15) is 6.92 Å². The number of hydrogen-bond acceptors (Lipinski definition) is 6. The van der Waals surface area contributed by atoms with Crippen molar-refractivity contribution in [1.29, 1.82) is 0 Å². The normalized spacial score (nSPS) is 12.1. The van der Waals surface area contributed by atoms with Crippen molar-refractivity contribution in [2.45, 2.75) is 17.9 Å². The van der Waals surface area contributed by atoms with E-state index in [2.05, 4.69) is 0 Å². The van der Waals surface area contributed by atoms with Gasteiger partial charge in [-0.1, -0.05) is 36.4 Å². The molecule has 0 spiro atoms. The molecule has 162 valence electrons. The standard InChI is InChI=1S/C22H22N2O6S/c1-15(22(26)23-27)24(17-6-5-7-19(14-17)30-2)31(28,29)21-9-4-3-8-20(21)16-10-12-18(25)13-11-16/h3-15,25,27H,1-2H3,(H,23,26). The maximum absolute atomic E-state index is 13.8. The summed E-state index contributed by atoms with van der Waals surface area (Å²) in [4.78, 5) is 12.2. The lowest BCUT2D eigenvalue weighted by atomic mass is 10.1. The number of sulfonamides is 1. The summed E-state index contributed by atoms with van der Waals surface area (Å²) in [5, 5.41) is 18.7. The van der Waals surface area contributed by atoms with E-state index in [9.17, 15) is 18.3 Å². The lowest BCUT2D eigenvalue weighted by Crippen LogP contribution is -2.47. The molecule has 0 aliphatic carbocycles. The summed E-state index contributed by atoms with van der Waals surface area (Å²) >= 11 is 0. The van der Waals surface area contributed by atoms with Gasteiger partial charge in [0.25, 0.3) is 15.9 Å². The average Bonchev–Trinajstić information content (AvgIpc) is 2.79. The Morgan fingerprint density at radius 2 is 1.71 bits per heavy atom. The van der Waals surface area contributed by atoms with Gasteiger partial charge in [0.1, 0.15) is 17.5 Å². The van der Waals surface area contributed by atoms with E-state index in [4.69, 9.17) is 9.94 Å². The molecule has 3 rings (SSSR count). The highest BCUT2D eigenvalue weighted by Gasteiger charge is 2.35. The summed E-state index contributed by atoms with van der Waals surface area (Å²) < 4.78 is 33.8. The van der Waals surface area contributed by atoms with Gasteiger partial charge in [-0.05, 0) is 42.8 Å². The Kier molecular flexibility index (Phi) is 6.47. The number of carbonyl (C=O) groups is 1. The number of aromatic hydroxyl groups is 1. The van der Waals surface area contributed by atoms with Crippen LogP contribution in [-0.2, 0) is 14.8 Å². The largest absolute Gasteiger partial charge is 0.508 e. The van der Waals surface area contributed by atoms with Crippen molar-refractivity contribution >= 4 is 21.6 Å². The molecule has 0 radical (unpaired) electrons. The molecule has 0 heterocycles. The second-order valence-corrected chi connectivity index (χ2v) is 8.48. The van der Waals surface area contributed by atoms with Crippen LogP contribution < -0.4 is 14.5 Å². The predicted molar refractivity (Wildman–Crippen MR) is 116 cm³/mol. The summed E-state index contributed by atoms with van der Waals surface area (Å²) in [5.74, 6) is -0.440. The Balaban J connectivity index is 2.22. The Morgan fingerprint density at radius 3 is 2.35 bits per heavy atom. The molecule has 0 aromatic heterocycles. The lowest BCUT2D eigenvalue weighted by molar-refractivity contribution is -0.129. The lowest BCUT2D eigenvalue weighted by Gasteiger charge is -2.30. The SMILES string of the molecule is COc1cccc(N(C(C)C(=O)NO)S(=O)(=O)c2ccccc2-c2ccc(O)cc2)c1. The van der Waals surface area contributed by atoms with Crippen molar-refractivity contribution in [1.82, 2.24) is 5.48 Å². The van der Waals surface area contributed by atoms with Gasteiger partial charge in [-0.15, -0.1) is 0 Å². The van der Waals surface area contributed by atoms with Gasteiger partial charge in [0.15, 0.2) is 0 Å². The van der Waals surface area contributed by atoms with Crippen LogP contribution in [0.15, 0.2) is 77.7 Å². The minimum absolute atomic E-state index is 0.0406. The maximum Gasteiger partial charge on any atom is 0.266 e. The first kappa shape index (κ1) is 22.1. The molecule has 1 atom stereocenters. The van der Waals surface area contributed by atoms with Crippen LogP contribution in [0.5, 0.6) is 11.5 Å². The minimum Gasteiger partial charge on any atom is -0.508 e. The van der Waals surface area contributed by atoms with E-state index < -0.39 is 22.0 Å². The van der Waals surface area contributed by atoms with Crippen molar-refractivity contribution in [3.63, 3.8) is 0 Å². The van der Waals surface area contributed by atoms with Crippen LogP contribution in [0.3, 0.4) is 0 Å². The molecular formula is C22H22N2O6S. The fourth-order valence-corrected chi connectivity index (χ4v) is 5.02. The van der Waals surface area contributed by atoms with Crippen LogP contribution in [-0.4, -0.2) is 37.8 Å². The highest BCUT2D eigenvalue weighted by atomic mass is 32.2. The summed E-state index contributed by atoms with van der Waals surface area (Å²) in [5.41, 5.74) is 2.67. The molecule has 31 heavy (non-hydrogen) atoms. The number of benzene rings is 3. The fraction of sp³-hybridized carbons (Fsp3) is 0.136. The van der Waals surface area contributed by atoms with E-state index in [1.807, 2.05) is 0 Å². The highest BCUT2D eigenvalue weighted by Crippen LogP contribution is 2.34. The third-order valence-electron chi connectivity index (χ3n) is 4.75. The number of methoxy groups -OCH3 is 1. The van der Waals surface area contributed by atoms with E-state index in [1.54, 1.807) is 42.5 Å². The zero-order valence-corrected chi connectivity index (χ0v) is 17.7. The zero-order chi connectivity index (χ0) is 22.6. The number of hydrogen-bond donors (Lipinski definition) is 3. The van der Waals surface area contributed by atoms with E-state index in [0.717, 1.165) is 4.31 Å². The van der Waals surface area contributed by atoms with E-state index in [1.165, 1.54) is 49.8 Å². The molecule has 0 aliphatic rings. The summed E-state index contributed by atoms with van der Waals surface area (Å²) in [6.45, 7) is 1.37. The zero-order valence-electron chi connectivity index (χ0n) is 16.9. The van der Waals surface area contributed by atoms with Gasteiger partial charge in [0.05, 0.1) is 17.7 Å². The first-order valence-electron chi connectivity index (χ1n) is 9.30. The average molecular weight is 442 g/mol. The third kappa shape index (κ3) is 4.47. The number of anilines is 1. The van der Waals surface area contributed by atoms with Crippen LogP contribution >= 0.6 is 0 Å². The number of nitrogens with zero attached hydrogens (tertiary/aromatic N) is 1. The van der Waals surface area contributed by atoms with Crippen molar-refractivity contribution in [3.05, 3.63) is 72.8 Å². The van der Waals surface area contributed by atoms with Gasteiger partial charge < -0.3 is 9.84 Å². The molecule has 3 N–H and O–H groups in total. The number of carbonyl (C=O) groups excluding carboxylic acids is 1. The van der Waals surface area contributed by atoms with Gasteiger partial charge in [0, 0.05) is 11.6 Å². The number of phenolic OH excluding ortho intramolecular Hbond substituents is 1. The fourth-order valence-electron chi connectivity index (χ4n) is 3.20. The predicted octanol–water partition coefficient (Wildman–Crippen LogP) is 3.16. The minimum atomic E-state index is -4.28. The van der Waals surface area contributed by atoms with E-state index in [0.29, 0.717) is 16.9 Å². The third-order valence-corrected chi connectivity index (χ3v) is 6.71. The highest BCUT2D eigenvalue weighted by molar-refractivity contribution is 7.93. The number of nitrogens with one attached hydrogen (secondary N) is 1. The van der Waals surface area contributed by atoms with Crippen molar-refractivity contribution in [2.24, 2.45) is 0 Å². The Labute approximate surface area is 180 Å². The summed E-state index contributed by atoms with van der Waals surface area (Å²) in [7, 11) is -2.83. The van der Waals surface area contributed by atoms with Gasteiger partial charge >= 0.3 is 0 Å². The smallest absolute Gasteiger partial charge is 0.266 e. The van der Waals surface area contributed by atoms with Gasteiger partial charge in [-0.2, -0.15) is 0 Å². The molecule has 9 heteroatoms. The molecule has 1 amide bonds. The molecule has 3 aromatic rings. The van der Waals surface area contributed by atoms with Crippen molar-refractivity contribution in [3.8, 4) is 22.6 Å². The number of amides is 1. The molecule has 0 aliphatic heterocycles. The second kappa shape index (κ2) is 9.07. The van der Waals surface area contributed by atoms with E-state index >= 15 is 0 Å². The topological polar surface area (TPSA) is 116 Å². The molecule has 0 saturated heterocycles. The van der Waals surface area contributed by atoms with E-state index in [-0.39, 0.29) is 16.3 Å².